The van der Waals surface area contributed by atoms with Gasteiger partial charge in [0.15, 0.2) is 5.78 Å². The van der Waals surface area contributed by atoms with Gasteiger partial charge in [-0.1, -0.05) is 35.9 Å². The van der Waals surface area contributed by atoms with Crippen LogP contribution in [0.2, 0.25) is 5.02 Å². The quantitative estimate of drug-likeness (QED) is 0.648. The van der Waals surface area contributed by atoms with Crippen molar-refractivity contribution >= 4 is 23.1 Å². The van der Waals surface area contributed by atoms with Gasteiger partial charge in [-0.3, -0.25) is 4.79 Å². The van der Waals surface area contributed by atoms with E-state index < -0.39 is 0 Å². The molecule has 0 saturated heterocycles. The Morgan fingerprint density at radius 3 is 2.55 bits per heavy atom. The molecule has 0 aliphatic rings. The first-order valence-electron chi connectivity index (χ1n) is 6.37. The Balaban J connectivity index is 2.06. The number of ketones is 1. The lowest BCUT2D eigenvalue weighted by atomic mass is 10.0. The van der Waals surface area contributed by atoms with E-state index in [2.05, 4.69) is 5.32 Å². The number of carbonyl (C=O) groups excluding carboxylic acids is 1. The predicted octanol–water partition coefficient (Wildman–Crippen LogP) is 4.77. The maximum Gasteiger partial charge on any atom is 0.187 e. The van der Waals surface area contributed by atoms with Crippen LogP contribution in [-0.4, -0.2) is 5.78 Å². The van der Waals surface area contributed by atoms with Crippen LogP contribution < -0.4 is 5.32 Å². The van der Waals surface area contributed by atoms with Gasteiger partial charge < -0.3 is 5.32 Å². The van der Waals surface area contributed by atoms with Crippen molar-refractivity contribution in [3.8, 4) is 0 Å². The Kier molecular flexibility index (Phi) is 4.59. The molecule has 0 bridgehead atoms. The van der Waals surface area contributed by atoms with E-state index in [-0.39, 0.29) is 5.78 Å². The van der Waals surface area contributed by atoms with Crippen LogP contribution in [-0.2, 0) is 0 Å². The number of benzene rings is 2. The smallest absolute Gasteiger partial charge is 0.187 e. The zero-order valence-electron chi connectivity index (χ0n) is 11.5. The molecule has 0 aliphatic heterocycles. The number of carbonyl (C=O) groups is 1. The third-order valence-electron chi connectivity index (χ3n) is 3.14. The fourth-order valence-corrected chi connectivity index (χ4v) is 1.97. The third kappa shape index (κ3) is 3.49. The largest absolute Gasteiger partial charge is 0.360 e. The standard InChI is InChI=1S/C17H16ClNO/c1-12-7-8-14(11-13(12)2)17(20)9-10-19-16-6-4-3-5-15(16)18/h3-11,19H,1-2H3/b10-9+. The van der Waals surface area contributed by atoms with Gasteiger partial charge in [-0.15, -0.1) is 0 Å². The highest BCUT2D eigenvalue weighted by atomic mass is 35.5. The van der Waals surface area contributed by atoms with Crippen molar-refractivity contribution in [2.45, 2.75) is 13.8 Å². The molecular weight excluding hydrogens is 270 g/mol. The van der Waals surface area contributed by atoms with Crippen LogP contribution in [0.1, 0.15) is 21.5 Å². The Hall–Kier alpha value is -2.06. The van der Waals surface area contributed by atoms with Crippen molar-refractivity contribution in [1.82, 2.24) is 0 Å². The molecule has 2 aromatic rings. The summed E-state index contributed by atoms with van der Waals surface area (Å²) in [4.78, 5) is 12.0. The lowest BCUT2D eigenvalue weighted by molar-refractivity contribution is 0.104. The van der Waals surface area contributed by atoms with E-state index in [1.165, 1.54) is 11.6 Å². The van der Waals surface area contributed by atoms with Crippen molar-refractivity contribution in [3.63, 3.8) is 0 Å². The maximum absolute atomic E-state index is 12.0. The van der Waals surface area contributed by atoms with Crippen LogP contribution in [0, 0.1) is 13.8 Å². The summed E-state index contributed by atoms with van der Waals surface area (Å²) in [5.41, 5.74) is 3.76. The highest BCUT2D eigenvalue weighted by molar-refractivity contribution is 6.33. The molecule has 0 atom stereocenters. The fourth-order valence-electron chi connectivity index (χ4n) is 1.78. The van der Waals surface area contributed by atoms with Crippen LogP contribution in [0.3, 0.4) is 0 Å². The van der Waals surface area contributed by atoms with Crippen molar-refractivity contribution in [3.05, 3.63) is 76.5 Å². The summed E-state index contributed by atoms with van der Waals surface area (Å²) in [6.07, 6.45) is 3.12. The molecule has 0 unspecified atom stereocenters. The molecule has 102 valence electrons. The molecule has 20 heavy (non-hydrogen) atoms. The third-order valence-corrected chi connectivity index (χ3v) is 3.47. The Labute approximate surface area is 124 Å². The minimum Gasteiger partial charge on any atom is -0.360 e. The molecule has 0 amide bonds. The Morgan fingerprint density at radius 2 is 1.85 bits per heavy atom. The zero-order valence-corrected chi connectivity index (χ0v) is 12.2. The number of nitrogens with one attached hydrogen (secondary N) is 1. The second-order valence-electron chi connectivity index (χ2n) is 4.62. The van der Waals surface area contributed by atoms with Gasteiger partial charge >= 0.3 is 0 Å². The van der Waals surface area contributed by atoms with E-state index in [9.17, 15) is 4.79 Å². The summed E-state index contributed by atoms with van der Waals surface area (Å²) < 4.78 is 0. The van der Waals surface area contributed by atoms with E-state index in [0.717, 1.165) is 11.3 Å². The Morgan fingerprint density at radius 1 is 1.10 bits per heavy atom. The molecule has 0 aromatic heterocycles. The predicted molar refractivity (Wildman–Crippen MR) is 84.5 cm³/mol. The summed E-state index contributed by atoms with van der Waals surface area (Å²) in [5.74, 6) is -0.0346. The van der Waals surface area contributed by atoms with Gasteiger partial charge in [-0.05, 0) is 43.2 Å². The van der Waals surface area contributed by atoms with Crippen LogP contribution in [0.4, 0.5) is 5.69 Å². The Bertz CT molecular complexity index is 662. The molecule has 2 nitrogen and oxygen atoms in total. The van der Waals surface area contributed by atoms with Crippen LogP contribution in [0.25, 0.3) is 0 Å². The molecule has 0 fully saturated rings. The monoisotopic (exact) mass is 285 g/mol. The molecule has 0 heterocycles. The molecule has 0 radical (unpaired) electrons. The highest BCUT2D eigenvalue weighted by Crippen LogP contribution is 2.20. The summed E-state index contributed by atoms with van der Waals surface area (Å²) >= 11 is 6.01. The molecule has 2 aromatic carbocycles. The normalized spacial score (nSPS) is 10.8. The minimum absolute atomic E-state index is 0.0346. The van der Waals surface area contributed by atoms with Gasteiger partial charge in [0.05, 0.1) is 10.7 Å². The van der Waals surface area contributed by atoms with Gasteiger partial charge in [-0.2, -0.15) is 0 Å². The lowest BCUT2D eigenvalue weighted by Gasteiger charge is -2.03. The first-order chi connectivity index (χ1) is 9.58. The minimum atomic E-state index is -0.0346. The number of hydrogen-bond acceptors (Lipinski definition) is 2. The second kappa shape index (κ2) is 6.40. The number of para-hydroxylation sites is 1. The first-order valence-corrected chi connectivity index (χ1v) is 6.75. The van der Waals surface area contributed by atoms with Crippen LogP contribution >= 0.6 is 11.6 Å². The van der Waals surface area contributed by atoms with Crippen molar-refractivity contribution in [2.75, 3.05) is 5.32 Å². The number of aryl methyl sites for hydroxylation is 2. The van der Waals surface area contributed by atoms with E-state index in [1.54, 1.807) is 12.3 Å². The fraction of sp³-hybridized carbons (Fsp3) is 0.118. The average Bonchev–Trinajstić information content (AvgIpc) is 2.44. The molecule has 2 rings (SSSR count). The van der Waals surface area contributed by atoms with E-state index >= 15 is 0 Å². The number of hydrogen-bond donors (Lipinski definition) is 1. The van der Waals surface area contributed by atoms with Crippen molar-refractivity contribution in [2.24, 2.45) is 0 Å². The van der Waals surface area contributed by atoms with Gasteiger partial charge in [0.25, 0.3) is 0 Å². The van der Waals surface area contributed by atoms with Crippen LogP contribution in [0.5, 0.6) is 0 Å². The van der Waals surface area contributed by atoms with Crippen molar-refractivity contribution < 1.29 is 4.79 Å². The summed E-state index contributed by atoms with van der Waals surface area (Å²) in [5, 5.41) is 3.63. The molecule has 3 heteroatoms. The molecular formula is C17H16ClNO. The number of rotatable bonds is 4. The number of anilines is 1. The highest BCUT2D eigenvalue weighted by Gasteiger charge is 2.03. The summed E-state index contributed by atoms with van der Waals surface area (Å²) in [7, 11) is 0. The summed E-state index contributed by atoms with van der Waals surface area (Å²) in [6, 6.07) is 13.1. The number of halogens is 1. The zero-order chi connectivity index (χ0) is 14.5. The van der Waals surface area contributed by atoms with Gasteiger partial charge in [0.2, 0.25) is 0 Å². The van der Waals surface area contributed by atoms with Gasteiger partial charge in [0.1, 0.15) is 0 Å². The maximum atomic E-state index is 12.0. The van der Waals surface area contributed by atoms with E-state index in [0.29, 0.717) is 10.6 Å². The topological polar surface area (TPSA) is 29.1 Å². The molecule has 0 spiro atoms. The number of allylic oxidation sites excluding steroid dienone is 1. The molecule has 0 saturated carbocycles. The summed E-state index contributed by atoms with van der Waals surface area (Å²) in [6.45, 7) is 4.02. The van der Waals surface area contributed by atoms with Crippen LogP contribution in [0.15, 0.2) is 54.7 Å². The second-order valence-corrected chi connectivity index (χ2v) is 5.03. The van der Waals surface area contributed by atoms with E-state index in [1.807, 2.05) is 50.2 Å². The first kappa shape index (κ1) is 14.4. The SMILES string of the molecule is Cc1ccc(C(=O)/C=C/Nc2ccccc2Cl)cc1C. The molecule has 1 N–H and O–H groups in total. The molecule has 0 aliphatic carbocycles. The van der Waals surface area contributed by atoms with Gasteiger partial charge in [-0.25, -0.2) is 0 Å². The van der Waals surface area contributed by atoms with Crippen molar-refractivity contribution in [1.29, 1.82) is 0 Å². The van der Waals surface area contributed by atoms with E-state index in [4.69, 9.17) is 11.6 Å². The lowest BCUT2D eigenvalue weighted by Crippen LogP contribution is -1.97. The average molecular weight is 286 g/mol. The van der Waals surface area contributed by atoms with Gasteiger partial charge in [0, 0.05) is 17.8 Å².